The Bertz CT molecular complexity index is 662. The molecule has 2 N–H and O–H groups in total. The van der Waals surface area contributed by atoms with E-state index in [9.17, 15) is 13.2 Å². The first kappa shape index (κ1) is 15.6. The molecule has 1 aromatic carbocycles. The summed E-state index contributed by atoms with van der Waals surface area (Å²) in [4.78, 5) is 11.1. The zero-order chi connectivity index (χ0) is 15.3. The van der Waals surface area contributed by atoms with Gasteiger partial charge in [0.1, 0.15) is 0 Å². The van der Waals surface area contributed by atoms with Crippen LogP contribution in [0.2, 0.25) is 0 Å². The maximum absolute atomic E-state index is 11.5. The molecule has 1 rings (SSSR count). The van der Waals surface area contributed by atoms with Gasteiger partial charge in [-0.3, -0.25) is 4.72 Å². The molecular weight excluding hydrogens is 288 g/mol. The second-order valence-electron chi connectivity index (χ2n) is 3.58. The van der Waals surface area contributed by atoms with E-state index in [0.717, 1.165) is 6.07 Å². The Labute approximate surface area is 115 Å². The van der Waals surface area contributed by atoms with E-state index >= 15 is 0 Å². The number of hydrogen-bond donors (Lipinski definition) is 2. The molecule has 0 spiro atoms. The van der Waals surface area contributed by atoms with Crippen molar-refractivity contribution < 1.29 is 27.8 Å². The molecule has 0 unspecified atom stereocenters. The number of hydrogen-bond acceptors (Lipinski definition) is 6. The fourth-order valence-electron chi connectivity index (χ4n) is 1.43. The largest absolute Gasteiger partial charge is 0.493 e. The van der Waals surface area contributed by atoms with E-state index in [4.69, 9.17) is 19.8 Å². The van der Waals surface area contributed by atoms with E-state index in [1.54, 1.807) is 0 Å². The fraction of sp³-hybridized carbons (Fsp3) is 0.273. The van der Waals surface area contributed by atoms with Crippen LogP contribution in [0.5, 0.6) is 11.5 Å². The molecule has 108 valence electrons. The zero-order valence-electron chi connectivity index (χ0n) is 10.7. The number of carboxylic acids is 1. The number of methoxy groups -OCH3 is 2. The summed E-state index contributed by atoms with van der Waals surface area (Å²) in [5.41, 5.74) is -0.519. The quantitative estimate of drug-likeness (QED) is 0.790. The van der Waals surface area contributed by atoms with Crippen molar-refractivity contribution in [3.8, 4) is 17.6 Å². The van der Waals surface area contributed by atoms with E-state index in [0.29, 0.717) is 0 Å². The second kappa shape index (κ2) is 6.12. The van der Waals surface area contributed by atoms with Crippen LogP contribution < -0.4 is 14.2 Å². The van der Waals surface area contributed by atoms with Crippen molar-refractivity contribution in [2.24, 2.45) is 0 Å². The first-order valence-electron chi connectivity index (χ1n) is 5.21. The van der Waals surface area contributed by atoms with Crippen molar-refractivity contribution in [3.05, 3.63) is 17.7 Å². The molecule has 0 atom stereocenters. The smallest absolute Gasteiger partial charge is 0.337 e. The predicted molar refractivity (Wildman–Crippen MR) is 69.5 cm³/mol. The normalized spacial score (nSPS) is 10.4. The Kier molecular flexibility index (Phi) is 4.77. The molecule has 20 heavy (non-hydrogen) atoms. The Hall–Kier alpha value is -2.47. The number of carbonyl (C=O) groups is 1. The highest BCUT2D eigenvalue weighted by Gasteiger charge is 2.20. The lowest BCUT2D eigenvalue weighted by atomic mass is 10.1. The average Bonchev–Trinajstić information content (AvgIpc) is 2.37. The number of anilines is 1. The van der Waals surface area contributed by atoms with Gasteiger partial charge >= 0.3 is 5.97 Å². The summed E-state index contributed by atoms with van der Waals surface area (Å²) in [6, 6.07) is 3.78. The minimum Gasteiger partial charge on any atom is -0.493 e. The van der Waals surface area contributed by atoms with Gasteiger partial charge in [0.2, 0.25) is 10.0 Å². The van der Waals surface area contributed by atoms with Crippen LogP contribution in [0, 0.1) is 11.3 Å². The molecule has 8 nitrogen and oxygen atoms in total. The molecular formula is C11H12N2O6S. The number of aromatic carboxylic acids is 1. The van der Waals surface area contributed by atoms with Gasteiger partial charge in [-0.15, -0.1) is 0 Å². The number of nitrogens with zero attached hydrogens (tertiary/aromatic N) is 1. The molecule has 0 saturated heterocycles. The maximum Gasteiger partial charge on any atom is 0.337 e. The van der Waals surface area contributed by atoms with E-state index in [2.05, 4.69) is 0 Å². The van der Waals surface area contributed by atoms with Gasteiger partial charge in [0.05, 0.1) is 31.5 Å². The highest BCUT2D eigenvalue weighted by Crippen LogP contribution is 2.33. The summed E-state index contributed by atoms with van der Waals surface area (Å²) in [6.07, 6.45) is 0. The predicted octanol–water partition coefficient (Wildman–Crippen LogP) is 0.667. The monoisotopic (exact) mass is 300 g/mol. The van der Waals surface area contributed by atoms with Gasteiger partial charge in [0, 0.05) is 12.1 Å². The van der Waals surface area contributed by atoms with E-state index in [1.807, 2.05) is 4.72 Å². The lowest BCUT2D eigenvalue weighted by Gasteiger charge is -2.13. The van der Waals surface area contributed by atoms with Crippen molar-refractivity contribution >= 4 is 21.7 Å². The minimum atomic E-state index is -3.96. The van der Waals surface area contributed by atoms with Crippen LogP contribution in [0.1, 0.15) is 10.4 Å². The highest BCUT2D eigenvalue weighted by molar-refractivity contribution is 7.92. The second-order valence-corrected chi connectivity index (χ2v) is 5.30. The third-order valence-corrected chi connectivity index (χ3v) is 3.31. The summed E-state index contributed by atoms with van der Waals surface area (Å²) in [7, 11) is -1.31. The Morgan fingerprint density at radius 1 is 1.35 bits per heavy atom. The third kappa shape index (κ3) is 3.52. The van der Waals surface area contributed by atoms with Gasteiger partial charge in [0.25, 0.3) is 0 Å². The topological polar surface area (TPSA) is 126 Å². The number of carboxylic acid groups (broad SMARTS) is 1. The van der Waals surface area contributed by atoms with E-state index in [-0.39, 0.29) is 22.7 Å². The van der Waals surface area contributed by atoms with Gasteiger partial charge in [-0.25, -0.2) is 13.2 Å². The first-order chi connectivity index (χ1) is 9.34. The molecule has 9 heteroatoms. The first-order valence-corrected chi connectivity index (χ1v) is 6.86. The van der Waals surface area contributed by atoms with Crippen LogP contribution in [0.15, 0.2) is 12.1 Å². The van der Waals surface area contributed by atoms with Crippen molar-refractivity contribution in [2.45, 2.75) is 0 Å². The summed E-state index contributed by atoms with van der Waals surface area (Å²) in [5.74, 6) is -1.83. The number of nitriles is 1. The molecule has 0 aliphatic rings. The van der Waals surface area contributed by atoms with Crippen molar-refractivity contribution in [3.63, 3.8) is 0 Å². The molecule has 0 aromatic heterocycles. The molecule has 0 radical (unpaired) electrons. The average molecular weight is 300 g/mol. The van der Waals surface area contributed by atoms with E-state index < -0.39 is 21.7 Å². The molecule has 0 fully saturated rings. The molecule has 0 saturated carbocycles. The Morgan fingerprint density at radius 2 is 1.90 bits per heavy atom. The standard InChI is InChI=1S/C11H12N2O6S/c1-18-9-5-7(11(14)15)8(6-10(9)19-2)13-20(16,17)4-3-12/h5-6,13H,4H2,1-2H3,(H,14,15). The molecule has 0 heterocycles. The summed E-state index contributed by atoms with van der Waals surface area (Å²) in [5, 5.41) is 17.5. The number of benzene rings is 1. The van der Waals surface area contributed by atoms with Crippen LogP contribution in [0.3, 0.4) is 0 Å². The lowest BCUT2D eigenvalue weighted by molar-refractivity contribution is 0.0697. The Balaban J connectivity index is 3.37. The summed E-state index contributed by atoms with van der Waals surface area (Å²) in [6.45, 7) is 0. The highest BCUT2D eigenvalue weighted by atomic mass is 32.2. The van der Waals surface area contributed by atoms with Crippen LogP contribution in [-0.2, 0) is 10.0 Å². The van der Waals surface area contributed by atoms with Gasteiger partial charge < -0.3 is 14.6 Å². The summed E-state index contributed by atoms with van der Waals surface area (Å²) >= 11 is 0. The van der Waals surface area contributed by atoms with Crippen molar-refractivity contribution in [2.75, 3.05) is 24.7 Å². The van der Waals surface area contributed by atoms with Gasteiger partial charge in [-0.2, -0.15) is 5.26 Å². The number of nitrogens with one attached hydrogen (secondary N) is 1. The summed E-state index contributed by atoms with van der Waals surface area (Å²) < 4.78 is 35.0. The Morgan fingerprint density at radius 3 is 2.35 bits per heavy atom. The van der Waals surface area contributed by atoms with E-state index in [1.165, 1.54) is 26.4 Å². The maximum atomic E-state index is 11.5. The molecule has 0 aliphatic carbocycles. The number of rotatable bonds is 6. The molecule has 0 aliphatic heterocycles. The fourth-order valence-corrected chi connectivity index (χ4v) is 2.18. The van der Waals surface area contributed by atoms with Gasteiger partial charge in [0.15, 0.2) is 17.3 Å². The molecule has 0 bridgehead atoms. The lowest BCUT2D eigenvalue weighted by Crippen LogP contribution is -2.18. The number of ether oxygens (including phenoxy) is 2. The van der Waals surface area contributed by atoms with Crippen LogP contribution in [-0.4, -0.2) is 39.5 Å². The zero-order valence-corrected chi connectivity index (χ0v) is 11.5. The minimum absolute atomic E-state index is 0.146. The van der Waals surface area contributed by atoms with Gasteiger partial charge in [-0.05, 0) is 0 Å². The van der Waals surface area contributed by atoms with Crippen LogP contribution in [0.4, 0.5) is 5.69 Å². The van der Waals surface area contributed by atoms with Crippen LogP contribution >= 0.6 is 0 Å². The SMILES string of the molecule is COc1cc(NS(=O)(=O)CC#N)c(C(=O)O)cc1OC. The number of sulfonamides is 1. The van der Waals surface area contributed by atoms with Crippen LogP contribution in [0.25, 0.3) is 0 Å². The van der Waals surface area contributed by atoms with Crippen molar-refractivity contribution in [1.29, 1.82) is 5.26 Å². The molecule has 0 amide bonds. The van der Waals surface area contributed by atoms with Crippen molar-refractivity contribution in [1.82, 2.24) is 0 Å². The third-order valence-electron chi connectivity index (χ3n) is 2.27. The molecule has 1 aromatic rings. The van der Waals surface area contributed by atoms with Gasteiger partial charge in [-0.1, -0.05) is 0 Å².